The van der Waals surface area contributed by atoms with Gasteiger partial charge in [-0.1, -0.05) is 24.3 Å². The van der Waals surface area contributed by atoms with Gasteiger partial charge in [-0.3, -0.25) is 0 Å². The second kappa shape index (κ2) is 6.26. The number of likely N-dealkylation sites (tertiary alicyclic amines) is 1. The Labute approximate surface area is 131 Å². The second-order valence-electron chi connectivity index (χ2n) is 6.41. The van der Waals surface area contributed by atoms with E-state index in [4.69, 9.17) is 10.5 Å². The van der Waals surface area contributed by atoms with Crippen LogP contribution in [0.3, 0.4) is 0 Å². The van der Waals surface area contributed by atoms with E-state index < -0.39 is 0 Å². The molecule has 2 fully saturated rings. The van der Waals surface area contributed by atoms with E-state index in [0.717, 1.165) is 30.5 Å². The van der Waals surface area contributed by atoms with Crippen LogP contribution < -0.4 is 11.1 Å². The van der Waals surface area contributed by atoms with Gasteiger partial charge in [0.2, 0.25) is 0 Å². The quantitative estimate of drug-likeness (QED) is 0.872. The summed E-state index contributed by atoms with van der Waals surface area (Å²) in [6.07, 6.45) is 2.19. The van der Waals surface area contributed by atoms with E-state index in [9.17, 15) is 4.79 Å². The molecule has 2 atom stereocenters. The zero-order chi connectivity index (χ0) is 15.6. The highest BCUT2D eigenvalue weighted by molar-refractivity contribution is 5.75. The minimum Gasteiger partial charge on any atom is -0.377 e. The molecule has 1 saturated carbocycles. The van der Waals surface area contributed by atoms with E-state index in [1.54, 1.807) is 0 Å². The number of benzene rings is 1. The molecule has 1 aromatic carbocycles. The molecule has 0 unspecified atom stereocenters. The number of fused-ring (bicyclic) bond motifs is 1. The molecule has 5 nitrogen and oxygen atoms in total. The lowest BCUT2D eigenvalue weighted by Gasteiger charge is -2.39. The number of nitrogens with zero attached hydrogens (tertiary/aromatic N) is 1. The molecule has 0 radical (unpaired) electrons. The van der Waals surface area contributed by atoms with Crippen molar-refractivity contribution in [1.82, 2.24) is 10.2 Å². The third-order valence-electron chi connectivity index (χ3n) is 4.99. The summed E-state index contributed by atoms with van der Waals surface area (Å²) in [5.41, 5.74) is 8.40. The fraction of sp³-hybridized carbons (Fsp3) is 0.588. The van der Waals surface area contributed by atoms with Crippen LogP contribution >= 0.6 is 0 Å². The average Bonchev–Trinajstić information content (AvgIpc) is 2.75. The minimum atomic E-state index is -0.121. The molecule has 0 bridgehead atoms. The van der Waals surface area contributed by atoms with Crippen LogP contribution in [0.15, 0.2) is 24.3 Å². The summed E-state index contributed by atoms with van der Waals surface area (Å²) in [5.74, 6) is 0.489. The third-order valence-corrected chi connectivity index (χ3v) is 4.99. The third kappa shape index (κ3) is 2.96. The molecule has 1 heterocycles. The van der Waals surface area contributed by atoms with Gasteiger partial charge in [-0.2, -0.15) is 0 Å². The van der Waals surface area contributed by atoms with Crippen LogP contribution in [-0.4, -0.2) is 36.2 Å². The normalized spacial score (nSPS) is 26.5. The Bertz CT molecular complexity index is 548. The van der Waals surface area contributed by atoms with E-state index in [1.807, 2.05) is 36.1 Å². The van der Waals surface area contributed by atoms with Crippen molar-refractivity contribution < 1.29 is 9.53 Å². The number of nitrogens with two attached hydrogens (primary N) is 1. The molecule has 2 amide bonds. The Morgan fingerprint density at radius 1 is 1.45 bits per heavy atom. The van der Waals surface area contributed by atoms with Gasteiger partial charge in [0.05, 0.1) is 6.61 Å². The number of rotatable bonds is 5. The Balaban J connectivity index is 1.55. The molecule has 22 heavy (non-hydrogen) atoms. The van der Waals surface area contributed by atoms with Crippen LogP contribution in [0.25, 0.3) is 0 Å². The first-order chi connectivity index (χ1) is 10.6. The van der Waals surface area contributed by atoms with Crippen LogP contribution in [0.4, 0.5) is 4.79 Å². The number of ether oxygens (including phenoxy) is 1. The van der Waals surface area contributed by atoms with Gasteiger partial charge >= 0.3 is 6.03 Å². The van der Waals surface area contributed by atoms with E-state index in [2.05, 4.69) is 5.32 Å². The largest absolute Gasteiger partial charge is 0.377 e. The summed E-state index contributed by atoms with van der Waals surface area (Å²) in [6, 6.07) is 8.05. The monoisotopic (exact) mass is 303 g/mol. The molecule has 1 saturated heterocycles. The van der Waals surface area contributed by atoms with Crippen molar-refractivity contribution >= 4 is 6.03 Å². The lowest BCUT2D eigenvalue weighted by Crippen LogP contribution is -2.55. The van der Waals surface area contributed by atoms with Crippen LogP contribution in [-0.2, 0) is 17.9 Å². The molecular weight excluding hydrogens is 278 g/mol. The first kappa shape index (κ1) is 15.3. The van der Waals surface area contributed by atoms with Crippen molar-refractivity contribution in [2.24, 2.45) is 11.7 Å². The van der Waals surface area contributed by atoms with Crippen LogP contribution in [0.5, 0.6) is 0 Å². The molecule has 0 aromatic heterocycles. The summed E-state index contributed by atoms with van der Waals surface area (Å²) in [6.45, 7) is 5.26. The van der Waals surface area contributed by atoms with Gasteiger partial charge in [0.25, 0.3) is 0 Å². The fourth-order valence-corrected chi connectivity index (χ4v) is 3.41. The molecule has 5 heteroatoms. The minimum absolute atomic E-state index is 0.00885. The molecule has 3 N–H and O–H groups in total. The molecule has 1 aromatic rings. The standard InChI is InChI=1S/C17H25N3O2/c1-2-22-11-14-6-4-3-5-13(14)9-19-16(21)20-10-15-7-8-17(15,18)12-20/h3-6,15H,2,7-12,18H2,1H3,(H,19,21)/t15-,17-/m0/s1. The first-order valence-electron chi connectivity index (χ1n) is 8.08. The highest BCUT2D eigenvalue weighted by atomic mass is 16.5. The molecule has 1 aliphatic carbocycles. The highest BCUT2D eigenvalue weighted by Gasteiger charge is 2.51. The van der Waals surface area contributed by atoms with Gasteiger partial charge in [0.1, 0.15) is 0 Å². The number of hydrogen-bond acceptors (Lipinski definition) is 3. The topological polar surface area (TPSA) is 67.6 Å². The number of urea groups is 1. The summed E-state index contributed by atoms with van der Waals surface area (Å²) >= 11 is 0. The van der Waals surface area contributed by atoms with Gasteiger partial charge in [-0.15, -0.1) is 0 Å². The molecule has 2 aliphatic rings. The van der Waals surface area contributed by atoms with Gasteiger partial charge in [0, 0.05) is 31.8 Å². The lowest BCUT2D eigenvalue weighted by molar-refractivity contribution is 0.133. The van der Waals surface area contributed by atoms with Crippen LogP contribution in [0.1, 0.15) is 30.9 Å². The summed E-state index contributed by atoms with van der Waals surface area (Å²) in [7, 11) is 0. The van der Waals surface area contributed by atoms with Crippen molar-refractivity contribution in [2.75, 3.05) is 19.7 Å². The maximum atomic E-state index is 12.3. The Morgan fingerprint density at radius 3 is 2.82 bits per heavy atom. The molecule has 120 valence electrons. The molecule has 0 spiro atoms. The highest BCUT2D eigenvalue weighted by Crippen LogP contribution is 2.42. The van der Waals surface area contributed by atoms with Crippen molar-refractivity contribution in [2.45, 2.75) is 38.5 Å². The van der Waals surface area contributed by atoms with Crippen molar-refractivity contribution in [3.05, 3.63) is 35.4 Å². The van der Waals surface area contributed by atoms with Crippen molar-refractivity contribution in [3.8, 4) is 0 Å². The zero-order valence-corrected chi connectivity index (χ0v) is 13.2. The maximum Gasteiger partial charge on any atom is 0.317 e. The SMILES string of the molecule is CCOCc1ccccc1CNC(=O)N1C[C@@H]2CC[C@]2(N)C1. The summed E-state index contributed by atoms with van der Waals surface area (Å²) in [5, 5.41) is 3.02. The second-order valence-corrected chi connectivity index (χ2v) is 6.41. The molecular formula is C17H25N3O2. The Kier molecular flexibility index (Phi) is 4.36. The number of carbonyl (C=O) groups excluding carboxylic acids is 1. The zero-order valence-electron chi connectivity index (χ0n) is 13.2. The number of hydrogen-bond donors (Lipinski definition) is 2. The maximum absolute atomic E-state index is 12.3. The van der Waals surface area contributed by atoms with Gasteiger partial charge in [-0.25, -0.2) is 4.79 Å². The van der Waals surface area contributed by atoms with E-state index in [0.29, 0.717) is 32.2 Å². The lowest BCUT2D eigenvalue weighted by atomic mass is 9.70. The average molecular weight is 303 g/mol. The van der Waals surface area contributed by atoms with E-state index >= 15 is 0 Å². The summed E-state index contributed by atoms with van der Waals surface area (Å²) in [4.78, 5) is 14.2. The van der Waals surface area contributed by atoms with Crippen molar-refractivity contribution in [3.63, 3.8) is 0 Å². The van der Waals surface area contributed by atoms with Gasteiger partial charge in [0.15, 0.2) is 0 Å². The molecule has 3 rings (SSSR count). The predicted molar refractivity (Wildman–Crippen MR) is 85.2 cm³/mol. The van der Waals surface area contributed by atoms with E-state index in [1.165, 1.54) is 0 Å². The Morgan fingerprint density at radius 2 is 2.23 bits per heavy atom. The molecule has 1 aliphatic heterocycles. The number of amides is 2. The fourth-order valence-electron chi connectivity index (χ4n) is 3.41. The van der Waals surface area contributed by atoms with Gasteiger partial charge < -0.3 is 20.7 Å². The van der Waals surface area contributed by atoms with Crippen LogP contribution in [0.2, 0.25) is 0 Å². The van der Waals surface area contributed by atoms with E-state index in [-0.39, 0.29) is 11.6 Å². The first-order valence-corrected chi connectivity index (χ1v) is 8.08. The van der Waals surface area contributed by atoms with Crippen LogP contribution in [0, 0.1) is 5.92 Å². The van der Waals surface area contributed by atoms with Gasteiger partial charge in [-0.05, 0) is 36.8 Å². The van der Waals surface area contributed by atoms with Crippen molar-refractivity contribution in [1.29, 1.82) is 0 Å². The predicted octanol–water partition coefficient (Wildman–Crippen LogP) is 1.86. The Hall–Kier alpha value is -1.59. The number of carbonyl (C=O) groups is 1. The summed E-state index contributed by atoms with van der Waals surface area (Å²) < 4.78 is 5.48. The number of nitrogens with one attached hydrogen (secondary N) is 1. The smallest absolute Gasteiger partial charge is 0.317 e.